The molecule has 0 aliphatic rings. The highest BCUT2D eigenvalue weighted by molar-refractivity contribution is 6.04. The van der Waals surface area contributed by atoms with Gasteiger partial charge in [0.25, 0.3) is 5.56 Å². The third-order valence-electron chi connectivity index (χ3n) is 3.19. The number of hydrogen-bond donors (Lipinski definition) is 1. The summed E-state index contributed by atoms with van der Waals surface area (Å²) < 4.78 is 10.9. The Hall–Kier alpha value is -2.74. The summed E-state index contributed by atoms with van der Waals surface area (Å²) in [4.78, 5) is 14.5. The van der Waals surface area contributed by atoms with Crippen molar-refractivity contribution in [2.75, 3.05) is 7.11 Å². The number of aromatic nitrogens is 1. The molecule has 0 fully saturated rings. The minimum atomic E-state index is -0.397. The van der Waals surface area contributed by atoms with Gasteiger partial charge in [0.15, 0.2) is 5.58 Å². The molecular weight excluding hydrogens is 244 g/mol. The Bertz CT molecular complexity index is 897. The molecule has 3 rings (SSSR count). The summed E-state index contributed by atoms with van der Waals surface area (Å²) in [6, 6.07) is 7.26. The highest BCUT2D eigenvalue weighted by Crippen LogP contribution is 2.31. The summed E-state index contributed by atoms with van der Waals surface area (Å²) in [5, 5.41) is 9.78. The van der Waals surface area contributed by atoms with Crippen molar-refractivity contribution < 1.29 is 9.15 Å². The Morgan fingerprint density at radius 2 is 2.21 bits per heavy atom. The quantitative estimate of drug-likeness (QED) is 0.723. The smallest absolute Gasteiger partial charge is 0.266 e. The van der Waals surface area contributed by atoms with Crippen LogP contribution < -0.4 is 10.3 Å². The second kappa shape index (κ2) is 3.89. The molecule has 5 nitrogen and oxygen atoms in total. The maximum atomic E-state index is 11.8. The number of nitrogens with zero attached hydrogens (tertiary/aromatic N) is 1. The van der Waals surface area contributed by atoms with Crippen LogP contribution in [0.15, 0.2) is 27.4 Å². The van der Waals surface area contributed by atoms with Gasteiger partial charge in [-0.15, -0.1) is 0 Å². The fourth-order valence-electron chi connectivity index (χ4n) is 2.19. The summed E-state index contributed by atoms with van der Waals surface area (Å²) in [6.07, 6.45) is 0. The maximum absolute atomic E-state index is 11.8. The number of nitriles is 1. The van der Waals surface area contributed by atoms with Crippen LogP contribution in [0.3, 0.4) is 0 Å². The zero-order valence-electron chi connectivity index (χ0n) is 10.4. The summed E-state index contributed by atoms with van der Waals surface area (Å²) in [7, 11) is 1.57. The van der Waals surface area contributed by atoms with Gasteiger partial charge in [0, 0.05) is 17.0 Å². The molecule has 0 aliphatic carbocycles. The number of furan rings is 1. The lowest BCUT2D eigenvalue weighted by Gasteiger charge is -1.97. The van der Waals surface area contributed by atoms with E-state index >= 15 is 0 Å². The first-order valence-electron chi connectivity index (χ1n) is 5.69. The molecule has 0 atom stereocenters. The van der Waals surface area contributed by atoms with Crippen LogP contribution in [0.2, 0.25) is 0 Å². The largest absolute Gasteiger partial charge is 0.497 e. The van der Waals surface area contributed by atoms with Crippen molar-refractivity contribution in [3.05, 3.63) is 39.7 Å². The molecule has 0 saturated carbocycles. The first-order valence-corrected chi connectivity index (χ1v) is 5.69. The number of aryl methyl sites for hydroxylation is 1. The number of methoxy groups -OCH3 is 1. The van der Waals surface area contributed by atoms with Gasteiger partial charge in [0.2, 0.25) is 0 Å². The van der Waals surface area contributed by atoms with Crippen molar-refractivity contribution in [1.29, 1.82) is 5.26 Å². The number of benzene rings is 1. The Balaban J connectivity index is 2.51. The number of nitrogens with one attached hydrogen (secondary N) is 1. The average molecular weight is 254 g/mol. The van der Waals surface area contributed by atoms with E-state index < -0.39 is 5.56 Å². The van der Waals surface area contributed by atoms with Gasteiger partial charge in [-0.3, -0.25) is 4.79 Å². The molecule has 1 N–H and O–H groups in total. The molecule has 0 unspecified atom stereocenters. The van der Waals surface area contributed by atoms with Crippen LogP contribution in [0.4, 0.5) is 0 Å². The van der Waals surface area contributed by atoms with Crippen LogP contribution in [-0.4, -0.2) is 12.1 Å². The third-order valence-corrected chi connectivity index (χ3v) is 3.19. The minimum absolute atomic E-state index is 0.0820. The molecule has 1 aromatic carbocycles. The maximum Gasteiger partial charge on any atom is 0.266 e. The van der Waals surface area contributed by atoms with E-state index in [4.69, 9.17) is 14.4 Å². The topological polar surface area (TPSA) is 79.0 Å². The van der Waals surface area contributed by atoms with Crippen LogP contribution >= 0.6 is 0 Å². The molecule has 0 bridgehead atoms. The van der Waals surface area contributed by atoms with Crippen molar-refractivity contribution in [2.24, 2.45) is 0 Å². The first-order chi connectivity index (χ1) is 9.15. The zero-order valence-corrected chi connectivity index (χ0v) is 10.4. The summed E-state index contributed by atoms with van der Waals surface area (Å²) in [5.41, 5.74) is 1.99. The van der Waals surface area contributed by atoms with Gasteiger partial charge in [-0.2, -0.15) is 5.26 Å². The summed E-state index contributed by atoms with van der Waals surface area (Å²) in [5.74, 6) is 0.673. The minimum Gasteiger partial charge on any atom is -0.497 e. The monoisotopic (exact) mass is 254 g/mol. The summed E-state index contributed by atoms with van der Waals surface area (Å²) in [6.45, 7) is 1.70. The van der Waals surface area contributed by atoms with Crippen molar-refractivity contribution in [3.8, 4) is 11.8 Å². The fraction of sp³-hybridized carbons (Fsp3) is 0.143. The van der Waals surface area contributed by atoms with Crippen LogP contribution in [0, 0.1) is 18.3 Å². The zero-order chi connectivity index (χ0) is 13.6. The standard InChI is InChI=1S/C14H10N2O3/c1-7-10(6-15)14(17)16-12-9-4-3-8(18-2)5-11(9)19-13(7)12/h3-5H,1-2H3,(H,16,17). The molecule has 2 aromatic heterocycles. The van der Waals surface area contributed by atoms with Gasteiger partial charge in [0.05, 0.1) is 12.6 Å². The van der Waals surface area contributed by atoms with Crippen molar-refractivity contribution in [3.63, 3.8) is 0 Å². The molecular formula is C14H10N2O3. The molecule has 0 saturated heterocycles. The molecule has 0 amide bonds. The molecule has 94 valence electrons. The number of aromatic amines is 1. The highest BCUT2D eigenvalue weighted by Gasteiger charge is 2.15. The molecule has 0 radical (unpaired) electrons. The average Bonchev–Trinajstić information content (AvgIpc) is 2.77. The van der Waals surface area contributed by atoms with E-state index in [1.54, 1.807) is 26.2 Å². The summed E-state index contributed by atoms with van der Waals surface area (Å²) >= 11 is 0. The van der Waals surface area contributed by atoms with E-state index in [2.05, 4.69) is 4.98 Å². The van der Waals surface area contributed by atoms with Gasteiger partial charge < -0.3 is 14.1 Å². The second-order valence-electron chi connectivity index (χ2n) is 4.23. The molecule has 0 spiro atoms. The molecule has 0 aliphatic heterocycles. The SMILES string of the molecule is COc1ccc2c(c1)oc1c(C)c(C#N)c(=O)[nH]c12. The number of rotatable bonds is 1. The molecule has 2 heterocycles. The number of pyridine rings is 1. The lowest BCUT2D eigenvalue weighted by Crippen LogP contribution is -2.11. The molecule has 5 heteroatoms. The number of fused-ring (bicyclic) bond motifs is 3. The predicted octanol–water partition coefficient (Wildman–Crippen LogP) is 2.46. The van der Waals surface area contributed by atoms with Crippen LogP contribution in [-0.2, 0) is 0 Å². The van der Waals surface area contributed by atoms with Gasteiger partial charge >= 0.3 is 0 Å². The van der Waals surface area contributed by atoms with E-state index in [1.807, 2.05) is 12.1 Å². The molecule has 3 aromatic rings. The van der Waals surface area contributed by atoms with Gasteiger partial charge in [-0.05, 0) is 19.1 Å². The Morgan fingerprint density at radius 3 is 2.89 bits per heavy atom. The van der Waals surface area contributed by atoms with Gasteiger partial charge in [-0.1, -0.05) is 0 Å². The van der Waals surface area contributed by atoms with Crippen molar-refractivity contribution in [2.45, 2.75) is 6.92 Å². The number of hydrogen-bond acceptors (Lipinski definition) is 4. The van der Waals surface area contributed by atoms with Crippen molar-refractivity contribution >= 4 is 22.1 Å². The van der Waals surface area contributed by atoms with Gasteiger partial charge in [-0.25, -0.2) is 0 Å². The van der Waals surface area contributed by atoms with E-state index in [-0.39, 0.29) is 5.56 Å². The van der Waals surface area contributed by atoms with E-state index in [0.29, 0.717) is 28.0 Å². The van der Waals surface area contributed by atoms with Crippen LogP contribution in [0.5, 0.6) is 5.75 Å². The lowest BCUT2D eigenvalue weighted by molar-refractivity contribution is 0.414. The van der Waals surface area contributed by atoms with Gasteiger partial charge in [0.1, 0.15) is 23.0 Å². The molecule has 19 heavy (non-hydrogen) atoms. The van der Waals surface area contributed by atoms with E-state index in [1.165, 1.54) is 0 Å². The van der Waals surface area contributed by atoms with E-state index in [0.717, 1.165) is 5.39 Å². The normalized spacial score (nSPS) is 10.8. The Morgan fingerprint density at radius 1 is 1.42 bits per heavy atom. The second-order valence-corrected chi connectivity index (χ2v) is 4.23. The lowest BCUT2D eigenvalue weighted by atomic mass is 10.1. The first kappa shape index (κ1) is 11.4. The number of H-pyrrole nitrogens is 1. The number of ether oxygens (including phenoxy) is 1. The Kier molecular flexibility index (Phi) is 2.32. The Labute approximate surface area is 108 Å². The van der Waals surface area contributed by atoms with Crippen LogP contribution in [0.1, 0.15) is 11.1 Å². The van der Waals surface area contributed by atoms with Crippen molar-refractivity contribution in [1.82, 2.24) is 4.98 Å². The fourth-order valence-corrected chi connectivity index (χ4v) is 2.19. The highest BCUT2D eigenvalue weighted by atomic mass is 16.5. The predicted molar refractivity (Wildman–Crippen MR) is 70.3 cm³/mol. The van der Waals surface area contributed by atoms with Crippen LogP contribution in [0.25, 0.3) is 22.1 Å². The third kappa shape index (κ3) is 1.50. The van der Waals surface area contributed by atoms with E-state index in [9.17, 15) is 4.79 Å².